The number of hydrogen-bond donors (Lipinski definition) is 3. The third-order valence-corrected chi connectivity index (χ3v) is 3.08. The predicted octanol–water partition coefficient (Wildman–Crippen LogP) is 1.86. The minimum atomic E-state index is -0.959. The highest BCUT2D eigenvalue weighted by Gasteiger charge is 2.17. The van der Waals surface area contributed by atoms with Crippen molar-refractivity contribution in [2.75, 3.05) is 6.54 Å². The van der Waals surface area contributed by atoms with Gasteiger partial charge in [-0.25, -0.2) is 4.79 Å². The van der Waals surface area contributed by atoms with Crippen LogP contribution in [0.3, 0.4) is 0 Å². The molecule has 1 aromatic heterocycles. The summed E-state index contributed by atoms with van der Waals surface area (Å²) in [5.74, 6) is -0.191. The highest BCUT2D eigenvalue weighted by molar-refractivity contribution is 6.06. The summed E-state index contributed by atoms with van der Waals surface area (Å²) < 4.78 is 4.71. The van der Waals surface area contributed by atoms with E-state index < -0.39 is 6.09 Å². The van der Waals surface area contributed by atoms with Crippen LogP contribution in [0, 0.1) is 6.92 Å². The van der Waals surface area contributed by atoms with Crippen molar-refractivity contribution in [2.24, 2.45) is 5.73 Å². The Bertz CT molecular complexity index is 678. The van der Waals surface area contributed by atoms with Gasteiger partial charge in [0.1, 0.15) is 5.52 Å². The first-order chi connectivity index (χ1) is 10.0. The topological polar surface area (TPSA) is 110 Å². The van der Waals surface area contributed by atoms with E-state index in [1.54, 1.807) is 6.07 Å². The van der Waals surface area contributed by atoms with E-state index in [1.807, 2.05) is 13.0 Å². The van der Waals surface area contributed by atoms with Crippen molar-refractivity contribution in [1.29, 1.82) is 0 Å². The van der Waals surface area contributed by atoms with Gasteiger partial charge in [0.05, 0.1) is 11.1 Å². The Morgan fingerprint density at radius 3 is 2.86 bits per heavy atom. The Balaban J connectivity index is 2.36. The Morgan fingerprint density at radius 2 is 2.19 bits per heavy atom. The van der Waals surface area contributed by atoms with E-state index in [0.29, 0.717) is 23.1 Å². The summed E-state index contributed by atoms with van der Waals surface area (Å²) >= 11 is 0. The van der Waals surface area contributed by atoms with Crippen molar-refractivity contribution in [2.45, 2.75) is 26.7 Å². The lowest BCUT2D eigenvalue weighted by molar-refractivity contribution is 0.0954. The number of H-pyrrole nitrogens is 1. The quantitative estimate of drug-likeness (QED) is 0.730. The molecule has 2 amide bonds. The second kappa shape index (κ2) is 6.25. The number of aromatic nitrogens is 2. The molecule has 7 heteroatoms. The van der Waals surface area contributed by atoms with E-state index in [1.165, 1.54) is 0 Å². The number of ether oxygens (including phenoxy) is 1. The highest BCUT2D eigenvalue weighted by atomic mass is 16.6. The summed E-state index contributed by atoms with van der Waals surface area (Å²) in [5.41, 5.74) is 7.29. The maximum Gasteiger partial charge on any atom is 0.412 e. The number of unbranched alkanes of at least 4 members (excludes halogenated alkanes) is 1. The average molecular weight is 290 g/mol. The number of nitrogens with one attached hydrogen (secondary N) is 2. The zero-order valence-corrected chi connectivity index (χ0v) is 12.0. The van der Waals surface area contributed by atoms with Gasteiger partial charge in [-0.15, -0.1) is 0 Å². The fraction of sp³-hybridized carbons (Fsp3) is 0.357. The third-order valence-electron chi connectivity index (χ3n) is 3.08. The van der Waals surface area contributed by atoms with Gasteiger partial charge in [0.25, 0.3) is 5.91 Å². The van der Waals surface area contributed by atoms with Crippen molar-refractivity contribution >= 4 is 23.0 Å². The van der Waals surface area contributed by atoms with Crippen LogP contribution in [0.2, 0.25) is 0 Å². The smallest absolute Gasteiger partial charge is 0.376 e. The van der Waals surface area contributed by atoms with Gasteiger partial charge in [0.15, 0.2) is 0 Å². The van der Waals surface area contributed by atoms with E-state index in [9.17, 15) is 9.59 Å². The first-order valence-electron chi connectivity index (χ1n) is 6.77. The van der Waals surface area contributed by atoms with Crippen LogP contribution in [0.1, 0.15) is 35.7 Å². The van der Waals surface area contributed by atoms with Crippen molar-refractivity contribution in [3.8, 4) is 6.01 Å². The fourth-order valence-electron chi connectivity index (χ4n) is 2.05. The van der Waals surface area contributed by atoms with Gasteiger partial charge < -0.3 is 20.8 Å². The van der Waals surface area contributed by atoms with Gasteiger partial charge >= 0.3 is 12.1 Å². The Hall–Kier alpha value is -2.57. The van der Waals surface area contributed by atoms with Crippen LogP contribution >= 0.6 is 0 Å². The SMILES string of the molecule is CCCCNC(=O)c1c(C)ccc2[nH]c(OC(N)=O)nc12. The Labute approximate surface area is 121 Å². The number of imidazole rings is 1. The maximum atomic E-state index is 12.3. The molecule has 21 heavy (non-hydrogen) atoms. The van der Waals surface area contributed by atoms with Crippen LogP contribution in [0.25, 0.3) is 11.0 Å². The van der Waals surface area contributed by atoms with Crippen LogP contribution in [-0.4, -0.2) is 28.5 Å². The number of aryl methyl sites for hydroxylation is 1. The van der Waals surface area contributed by atoms with Crippen LogP contribution in [0.5, 0.6) is 6.01 Å². The minimum Gasteiger partial charge on any atom is -0.376 e. The summed E-state index contributed by atoms with van der Waals surface area (Å²) in [6.07, 6.45) is 0.958. The highest BCUT2D eigenvalue weighted by Crippen LogP contribution is 2.23. The summed E-state index contributed by atoms with van der Waals surface area (Å²) in [7, 11) is 0. The molecule has 0 radical (unpaired) electrons. The van der Waals surface area contributed by atoms with E-state index in [4.69, 9.17) is 10.5 Å². The van der Waals surface area contributed by atoms with Crippen molar-refractivity contribution in [1.82, 2.24) is 15.3 Å². The molecular formula is C14H18N4O3. The van der Waals surface area contributed by atoms with Gasteiger partial charge in [-0.3, -0.25) is 4.79 Å². The zero-order chi connectivity index (χ0) is 15.4. The molecule has 0 aliphatic heterocycles. The molecule has 7 nitrogen and oxygen atoms in total. The van der Waals surface area contributed by atoms with E-state index in [0.717, 1.165) is 18.4 Å². The van der Waals surface area contributed by atoms with Gasteiger partial charge in [0, 0.05) is 6.54 Å². The molecule has 2 aromatic rings. The largest absolute Gasteiger partial charge is 0.412 e. The molecule has 112 valence electrons. The summed E-state index contributed by atoms with van der Waals surface area (Å²) in [4.78, 5) is 30.0. The number of amides is 2. The average Bonchev–Trinajstić information content (AvgIpc) is 2.80. The number of rotatable bonds is 5. The molecule has 0 atom stereocenters. The molecule has 0 fully saturated rings. The van der Waals surface area contributed by atoms with Crippen molar-refractivity contribution in [3.63, 3.8) is 0 Å². The Morgan fingerprint density at radius 1 is 1.43 bits per heavy atom. The second-order valence-electron chi connectivity index (χ2n) is 4.73. The van der Waals surface area contributed by atoms with E-state index in [-0.39, 0.29) is 11.9 Å². The number of carbonyl (C=O) groups excluding carboxylic acids is 2. The predicted molar refractivity (Wildman–Crippen MR) is 78.3 cm³/mol. The lowest BCUT2D eigenvalue weighted by Crippen LogP contribution is -2.25. The van der Waals surface area contributed by atoms with Crippen molar-refractivity contribution in [3.05, 3.63) is 23.3 Å². The molecule has 2 rings (SSSR count). The number of hydrogen-bond acceptors (Lipinski definition) is 4. The summed E-state index contributed by atoms with van der Waals surface area (Å²) in [5, 5.41) is 2.86. The van der Waals surface area contributed by atoms with Crippen LogP contribution < -0.4 is 15.8 Å². The van der Waals surface area contributed by atoms with Crippen molar-refractivity contribution < 1.29 is 14.3 Å². The molecule has 0 spiro atoms. The number of primary amides is 1. The monoisotopic (exact) mass is 290 g/mol. The van der Waals surface area contributed by atoms with Crippen LogP contribution in [-0.2, 0) is 0 Å². The first-order valence-corrected chi connectivity index (χ1v) is 6.77. The molecule has 0 unspecified atom stereocenters. The minimum absolute atomic E-state index is 0.0225. The van der Waals surface area contributed by atoms with E-state index >= 15 is 0 Å². The number of aromatic amines is 1. The first kappa shape index (κ1) is 14.8. The zero-order valence-electron chi connectivity index (χ0n) is 12.0. The summed E-state index contributed by atoms with van der Waals surface area (Å²) in [6, 6.07) is 3.56. The number of fused-ring (bicyclic) bond motifs is 1. The Kier molecular flexibility index (Phi) is 4.42. The van der Waals surface area contributed by atoms with Gasteiger partial charge in [-0.2, -0.15) is 4.98 Å². The number of nitrogens with two attached hydrogens (primary N) is 1. The second-order valence-corrected chi connectivity index (χ2v) is 4.73. The van der Waals surface area contributed by atoms with Gasteiger partial charge in [0.2, 0.25) is 0 Å². The molecule has 0 bridgehead atoms. The lowest BCUT2D eigenvalue weighted by atomic mass is 10.1. The number of benzene rings is 1. The van der Waals surface area contributed by atoms with E-state index in [2.05, 4.69) is 22.2 Å². The van der Waals surface area contributed by atoms with Crippen LogP contribution in [0.15, 0.2) is 12.1 Å². The fourth-order valence-corrected chi connectivity index (χ4v) is 2.05. The molecule has 4 N–H and O–H groups in total. The normalized spacial score (nSPS) is 10.6. The van der Waals surface area contributed by atoms with Gasteiger partial charge in [-0.05, 0) is 25.0 Å². The standard InChI is InChI=1S/C14H18N4O3/c1-3-4-7-16-12(19)10-8(2)5-6-9-11(10)18-14(17-9)21-13(15)20/h5-6H,3-4,7H2,1-2H3,(H2,15,20)(H,16,19)(H,17,18). The summed E-state index contributed by atoms with van der Waals surface area (Å²) in [6.45, 7) is 4.50. The molecule has 0 saturated heterocycles. The van der Waals surface area contributed by atoms with Crippen LogP contribution in [0.4, 0.5) is 4.79 Å². The number of nitrogens with zero attached hydrogens (tertiary/aromatic N) is 1. The lowest BCUT2D eigenvalue weighted by Gasteiger charge is -2.07. The van der Waals surface area contributed by atoms with Gasteiger partial charge in [-0.1, -0.05) is 19.4 Å². The molecule has 0 saturated carbocycles. The molecule has 0 aliphatic rings. The molecule has 1 aromatic carbocycles. The molecule has 1 heterocycles. The number of carbonyl (C=O) groups is 2. The molecular weight excluding hydrogens is 272 g/mol. The maximum absolute atomic E-state index is 12.3. The third kappa shape index (κ3) is 3.31. The molecule has 0 aliphatic carbocycles.